The number of hydrogen-bond acceptors (Lipinski definition) is 5. The van der Waals surface area contributed by atoms with Gasteiger partial charge in [0.25, 0.3) is 0 Å². The van der Waals surface area contributed by atoms with E-state index >= 15 is 0 Å². The summed E-state index contributed by atoms with van der Waals surface area (Å²) in [5.74, 6) is -0.212. The second-order valence-electron chi connectivity index (χ2n) is 5.24. The average molecular weight is 350 g/mol. The van der Waals surface area contributed by atoms with Crippen LogP contribution in [0, 0.1) is 5.82 Å². The highest BCUT2D eigenvalue weighted by molar-refractivity contribution is 8.00. The molecule has 0 saturated carbocycles. The number of rotatable bonds is 8. The summed E-state index contributed by atoms with van der Waals surface area (Å²) in [5, 5.41) is 8.40. The van der Waals surface area contributed by atoms with Crippen molar-refractivity contribution in [1.82, 2.24) is 14.8 Å². The Labute approximate surface area is 143 Å². The monoisotopic (exact) mass is 350 g/mol. The van der Waals surface area contributed by atoms with Crippen LogP contribution in [0.2, 0.25) is 0 Å². The van der Waals surface area contributed by atoms with Crippen molar-refractivity contribution in [2.24, 2.45) is 5.73 Å². The number of ketones is 1. The number of hydrogen-bond donors (Lipinski definition) is 1. The smallest absolute Gasteiger partial charge is 0.217 e. The lowest BCUT2D eigenvalue weighted by Gasteiger charge is -2.11. The number of halogens is 1. The Bertz CT molecular complexity index is 730. The molecule has 1 aromatic carbocycles. The van der Waals surface area contributed by atoms with Gasteiger partial charge in [-0.05, 0) is 38.1 Å². The van der Waals surface area contributed by atoms with Crippen molar-refractivity contribution in [2.45, 2.75) is 43.6 Å². The Balaban J connectivity index is 2.10. The van der Waals surface area contributed by atoms with Crippen molar-refractivity contribution < 1.29 is 14.0 Å². The Morgan fingerprint density at radius 3 is 2.54 bits per heavy atom. The number of carbonyl (C=O) groups is 2. The Hall–Kier alpha value is -2.22. The fourth-order valence-electron chi connectivity index (χ4n) is 2.20. The molecular weight excluding hydrogens is 331 g/mol. The Kier molecular flexibility index (Phi) is 6.08. The number of aromatic nitrogens is 3. The first-order chi connectivity index (χ1) is 11.4. The molecule has 8 heteroatoms. The van der Waals surface area contributed by atoms with Gasteiger partial charge in [0.1, 0.15) is 11.6 Å². The number of carbonyl (C=O) groups excluding carboxylic acids is 2. The first-order valence-electron chi connectivity index (χ1n) is 7.59. The van der Waals surface area contributed by atoms with Gasteiger partial charge in [0.15, 0.2) is 10.9 Å². The number of primary amides is 1. The van der Waals surface area contributed by atoms with Gasteiger partial charge in [-0.1, -0.05) is 11.8 Å². The van der Waals surface area contributed by atoms with E-state index in [0.717, 1.165) is 0 Å². The largest absolute Gasteiger partial charge is 0.370 e. The maximum absolute atomic E-state index is 13.0. The highest BCUT2D eigenvalue weighted by Gasteiger charge is 2.21. The van der Waals surface area contributed by atoms with E-state index in [0.29, 0.717) is 29.5 Å². The highest BCUT2D eigenvalue weighted by Crippen LogP contribution is 2.25. The number of nitrogens with zero attached hydrogens (tertiary/aromatic N) is 3. The van der Waals surface area contributed by atoms with E-state index in [-0.39, 0.29) is 18.0 Å². The second kappa shape index (κ2) is 8.05. The van der Waals surface area contributed by atoms with Crippen LogP contribution in [0.3, 0.4) is 0 Å². The van der Waals surface area contributed by atoms with Crippen LogP contribution in [0.25, 0.3) is 0 Å². The molecule has 0 aliphatic carbocycles. The molecule has 0 aliphatic heterocycles. The van der Waals surface area contributed by atoms with Gasteiger partial charge in [0.2, 0.25) is 5.91 Å². The van der Waals surface area contributed by atoms with Crippen molar-refractivity contribution in [3.8, 4) is 0 Å². The van der Waals surface area contributed by atoms with Crippen LogP contribution >= 0.6 is 11.8 Å². The predicted octanol–water partition coefficient (Wildman–Crippen LogP) is 2.22. The van der Waals surface area contributed by atoms with E-state index in [1.165, 1.54) is 36.0 Å². The summed E-state index contributed by atoms with van der Waals surface area (Å²) < 4.78 is 14.8. The van der Waals surface area contributed by atoms with E-state index in [4.69, 9.17) is 5.73 Å². The first-order valence-corrected chi connectivity index (χ1v) is 8.47. The number of benzene rings is 1. The predicted molar refractivity (Wildman–Crippen MR) is 89.3 cm³/mol. The fourth-order valence-corrected chi connectivity index (χ4v) is 3.21. The molecule has 2 aromatic rings. The van der Waals surface area contributed by atoms with Gasteiger partial charge < -0.3 is 10.3 Å². The third-order valence-electron chi connectivity index (χ3n) is 3.48. The maximum Gasteiger partial charge on any atom is 0.217 e. The van der Waals surface area contributed by atoms with Gasteiger partial charge in [0.05, 0.1) is 5.25 Å². The van der Waals surface area contributed by atoms with Crippen LogP contribution in [0.1, 0.15) is 36.5 Å². The number of nitrogens with two attached hydrogens (primary N) is 1. The van der Waals surface area contributed by atoms with Crippen molar-refractivity contribution in [3.63, 3.8) is 0 Å². The minimum atomic E-state index is -0.394. The number of Topliss-reactive ketones (excluding diaryl/α,β-unsaturated/α-hetero) is 1. The van der Waals surface area contributed by atoms with Crippen molar-refractivity contribution in [3.05, 3.63) is 41.5 Å². The SMILES string of the molecule is CCn1c(CCC(N)=O)nnc1S[C@@H](C)C(=O)c1ccc(F)cc1. The van der Waals surface area contributed by atoms with Crippen molar-refractivity contribution in [1.29, 1.82) is 0 Å². The quantitative estimate of drug-likeness (QED) is 0.582. The van der Waals surface area contributed by atoms with Gasteiger partial charge in [-0.2, -0.15) is 0 Å². The zero-order valence-electron chi connectivity index (χ0n) is 13.5. The molecule has 1 amide bonds. The molecule has 2 rings (SSSR count). The topological polar surface area (TPSA) is 90.9 Å². The van der Waals surface area contributed by atoms with Crippen molar-refractivity contribution in [2.75, 3.05) is 0 Å². The molecule has 0 aliphatic rings. The highest BCUT2D eigenvalue weighted by atomic mass is 32.2. The summed E-state index contributed by atoms with van der Waals surface area (Å²) in [7, 11) is 0. The van der Waals surface area contributed by atoms with Crippen molar-refractivity contribution >= 4 is 23.5 Å². The maximum atomic E-state index is 13.0. The van der Waals surface area contributed by atoms with Crippen LogP contribution in [0.4, 0.5) is 4.39 Å². The van der Waals surface area contributed by atoms with Crippen LogP contribution in [0.5, 0.6) is 0 Å². The van der Waals surface area contributed by atoms with E-state index in [1.807, 2.05) is 11.5 Å². The summed E-state index contributed by atoms with van der Waals surface area (Å²) in [6.07, 6.45) is 0.615. The molecule has 1 atom stereocenters. The normalized spacial score (nSPS) is 12.1. The molecule has 0 fully saturated rings. The molecule has 6 nitrogen and oxygen atoms in total. The average Bonchev–Trinajstić information content (AvgIpc) is 2.94. The minimum absolute atomic E-state index is 0.107. The lowest BCUT2D eigenvalue weighted by Crippen LogP contribution is -2.16. The molecule has 128 valence electrons. The molecule has 24 heavy (non-hydrogen) atoms. The second-order valence-corrected chi connectivity index (χ2v) is 6.55. The molecule has 0 unspecified atom stereocenters. The van der Waals surface area contributed by atoms with Crippen LogP contribution < -0.4 is 5.73 Å². The van der Waals surface area contributed by atoms with E-state index in [9.17, 15) is 14.0 Å². The van der Waals surface area contributed by atoms with Gasteiger partial charge in [-0.15, -0.1) is 10.2 Å². The molecule has 2 N–H and O–H groups in total. The van der Waals surface area contributed by atoms with E-state index < -0.39 is 11.2 Å². The molecule has 0 radical (unpaired) electrons. The molecule has 1 aromatic heterocycles. The first kappa shape index (κ1) is 18.1. The molecule has 0 bridgehead atoms. The summed E-state index contributed by atoms with van der Waals surface area (Å²) in [5.41, 5.74) is 5.61. The number of aryl methyl sites for hydroxylation is 1. The summed E-state index contributed by atoms with van der Waals surface area (Å²) in [4.78, 5) is 23.3. The van der Waals surface area contributed by atoms with Crippen LogP contribution in [0.15, 0.2) is 29.4 Å². The molecule has 0 spiro atoms. The standard InChI is InChI=1S/C16H19FN4O2S/c1-3-21-14(9-8-13(18)22)19-20-16(21)24-10(2)15(23)11-4-6-12(17)7-5-11/h4-7,10H,3,8-9H2,1-2H3,(H2,18,22)/t10-/m0/s1. The summed E-state index contributed by atoms with van der Waals surface area (Å²) in [6.45, 7) is 4.34. The third kappa shape index (κ3) is 4.41. The lowest BCUT2D eigenvalue weighted by atomic mass is 10.1. The number of amides is 1. The zero-order valence-corrected chi connectivity index (χ0v) is 14.3. The lowest BCUT2D eigenvalue weighted by molar-refractivity contribution is -0.118. The van der Waals surface area contributed by atoms with Gasteiger partial charge >= 0.3 is 0 Å². The van der Waals surface area contributed by atoms with Gasteiger partial charge in [0, 0.05) is 24.9 Å². The Morgan fingerprint density at radius 2 is 1.96 bits per heavy atom. The summed E-state index contributed by atoms with van der Waals surface area (Å²) in [6, 6.07) is 5.47. The van der Waals surface area contributed by atoms with E-state index in [2.05, 4.69) is 10.2 Å². The Morgan fingerprint density at radius 1 is 1.29 bits per heavy atom. The minimum Gasteiger partial charge on any atom is -0.370 e. The fraction of sp³-hybridized carbons (Fsp3) is 0.375. The third-order valence-corrected chi connectivity index (χ3v) is 4.57. The van der Waals surface area contributed by atoms with Crippen LogP contribution in [-0.4, -0.2) is 31.7 Å². The van der Waals surface area contributed by atoms with Crippen LogP contribution in [-0.2, 0) is 17.8 Å². The molecular formula is C16H19FN4O2S. The molecule has 0 saturated heterocycles. The number of thioether (sulfide) groups is 1. The van der Waals surface area contributed by atoms with Gasteiger partial charge in [-0.25, -0.2) is 4.39 Å². The van der Waals surface area contributed by atoms with Gasteiger partial charge in [-0.3, -0.25) is 9.59 Å². The summed E-state index contributed by atoms with van der Waals surface area (Å²) >= 11 is 1.29. The van der Waals surface area contributed by atoms with E-state index in [1.54, 1.807) is 6.92 Å². The molecule has 1 heterocycles. The zero-order chi connectivity index (χ0) is 17.7.